The molecule has 0 aromatic heterocycles. The van der Waals surface area contributed by atoms with Gasteiger partial charge in [0.15, 0.2) is 0 Å². The minimum atomic E-state index is -4.35. The van der Waals surface area contributed by atoms with Crippen LogP contribution in [0.4, 0.5) is 0 Å². The minimum absolute atomic E-state index is 0.0586. The van der Waals surface area contributed by atoms with Crippen molar-refractivity contribution in [2.24, 2.45) is 0 Å². The zero-order valence-corrected chi connectivity index (χ0v) is 44.6. The summed E-state index contributed by atoms with van der Waals surface area (Å²) in [7, 11) is 1.57. The minimum Gasteiger partial charge on any atom is -0.387 e. The number of nitrogens with zero attached hydrogens (tertiary/aromatic N) is 1. The lowest BCUT2D eigenvalue weighted by Gasteiger charge is -2.25. The number of carbonyl (C=O) groups is 1. The van der Waals surface area contributed by atoms with Gasteiger partial charge < -0.3 is 19.8 Å². The van der Waals surface area contributed by atoms with Gasteiger partial charge in [0.05, 0.1) is 39.9 Å². The molecule has 0 saturated carbocycles. The molecule has 0 aliphatic carbocycles. The third kappa shape index (κ3) is 50.4. The van der Waals surface area contributed by atoms with Crippen LogP contribution in [0, 0.1) is 0 Å². The van der Waals surface area contributed by atoms with Gasteiger partial charge in [-0.15, -0.1) is 0 Å². The van der Waals surface area contributed by atoms with Crippen molar-refractivity contribution in [3.63, 3.8) is 0 Å². The number of carbonyl (C=O) groups excluding carboxylic acids is 1. The van der Waals surface area contributed by atoms with Gasteiger partial charge in [-0.05, 0) is 44.9 Å². The van der Waals surface area contributed by atoms with Crippen molar-refractivity contribution in [3.8, 4) is 0 Å². The first-order valence-electron chi connectivity index (χ1n) is 27.9. The quantitative estimate of drug-likeness (QED) is 0.0243. The summed E-state index contributed by atoms with van der Waals surface area (Å²) in [6.45, 7) is 4.76. The molecule has 1 amide bonds. The van der Waals surface area contributed by atoms with Crippen LogP contribution in [0.15, 0.2) is 36.5 Å². The monoisotopic (exact) mass is 938 g/mol. The smallest absolute Gasteiger partial charge is 0.387 e. The Morgan fingerprint density at radius 1 is 0.523 bits per heavy atom. The summed E-state index contributed by atoms with van der Waals surface area (Å²) in [6, 6.07) is -0.853. The summed E-state index contributed by atoms with van der Waals surface area (Å²) in [5.74, 6) is -0.190. The number of unbranched alkanes of at least 4 members (excludes halogenated alkanes) is 34. The second-order valence-corrected chi connectivity index (χ2v) is 21.8. The Kier molecular flexibility index (Phi) is 46.8. The summed E-state index contributed by atoms with van der Waals surface area (Å²) in [5.41, 5.74) is 0. The molecule has 0 heterocycles. The molecule has 0 spiro atoms. The SMILES string of the molecule is CCC/C=C\C/C=C\CCCCCCCC(=O)NC(COP(=O)(O)OCC[N+](C)(C)C)C(O)/C=C/CCCCCCCCCCCCCCCCCCCCCCCCCCCCCC. The Morgan fingerprint density at radius 2 is 0.908 bits per heavy atom. The van der Waals surface area contributed by atoms with Crippen LogP contribution in [0.1, 0.15) is 264 Å². The first-order chi connectivity index (χ1) is 31.5. The number of allylic oxidation sites excluding steroid dienone is 5. The molecule has 0 fully saturated rings. The van der Waals surface area contributed by atoms with Crippen molar-refractivity contribution in [1.82, 2.24) is 5.32 Å². The summed E-state index contributed by atoms with van der Waals surface area (Å²) in [5, 5.41) is 13.9. The van der Waals surface area contributed by atoms with Crippen LogP contribution in [-0.2, 0) is 18.4 Å². The highest BCUT2D eigenvalue weighted by molar-refractivity contribution is 7.47. The molecule has 0 saturated heterocycles. The van der Waals surface area contributed by atoms with Crippen molar-refractivity contribution in [3.05, 3.63) is 36.5 Å². The number of amides is 1. The largest absolute Gasteiger partial charge is 0.472 e. The zero-order chi connectivity index (χ0) is 47.8. The average molecular weight is 938 g/mol. The molecule has 0 aliphatic rings. The van der Waals surface area contributed by atoms with E-state index in [1.165, 1.54) is 173 Å². The number of hydrogen-bond acceptors (Lipinski definition) is 5. The maximum Gasteiger partial charge on any atom is 0.472 e. The molecule has 0 aromatic carbocycles. The molecule has 0 aliphatic heterocycles. The van der Waals surface area contributed by atoms with E-state index in [0.29, 0.717) is 17.4 Å². The van der Waals surface area contributed by atoms with E-state index in [-0.39, 0.29) is 19.1 Å². The van der Waals surface area contributed by atoms with Crippen molar-refractivity contribution in [2.45, 2.75) is 276 Å². The van der Waals surface area contributed by atoms with Gasteiger partial charge in [0.25, 0.3) is 0 Å². The van der Waals surface area contributed by atoms with Gasteiger partial charge in [-0.25, -0.2) is 4.57 Å². The molecule has 9 heteroatoms. The molecule has 3 atom stereocenters. The molecule has 65 heavy (non-hydrogen) atoms. The number of phosphoric acid groups is 1. The van der Waals surface area contributed by atoms with Crippen LogP contribution < -0.4 is 5.32 Å². The number of phosphoric ester groups is 1. The van der Waals surface area contributed by atoms with Gasteiger partial charge in [0, 0.05) is 6.42 Å². The zero-order valence-electron chi connectivity index (χ0n) is 43.7. The van der Waals surface area contributed by atoms with Crippen molar-refractivity contribution >= 4 is 13.7 Å². The van der Waals surface area contributed by atoms with E-state index < -0.39 is 20.0 Å². The molecular weight excluding hydrogens is 828 g/mol. The van der Waals surface area contributed by atoms with E-state index in [9.17, 15) is 19.4 Å². The standard InChI is InChI=1S/C56H109N2O6P/c1-6-8-10-12-14-16-18-20-21-22-23-24-25-26-27-28-29-30-31-32-33-34-35-36-38-39-41-43-45-47-49-55(59)54(53-64-65(61,62)63-52-51-58(3,4)5)57-56(60)50-48-46-44-42-40-37-19-17-15-13-11-9-7-2/h11,13,17,19,47,49,54-55,59H,6-10,12,14-16,18,20-46,48,50-53H2,1-5H3,(H-,57,60,61,62)/p+1/b13-11-,19-17-,49-47+. The van der Waals surface area contributed by atoms with Crippen LogP contribution in [0.5, 0.6) is 0 Å². The molecule has 0 rings (SSSR count). The summed E-state index contributed by atoms with van der Waals surface area (Å²) in [6.07, 6.45) is 61.1. The number of hydrogen-bond donors (Lipinski definition) is 3. The van der Waals surface area contributed by atoms with E-state index >= 15 is 0 Å². The normalized spacial score (nSPS) is 14.3. The maximum atomic E-state index is 12.9. The van der Waals surface area contributed by atoms with Gasteiger partial charge in [0.1, 0.15) is 13.2 Å². The molecule has 0 radical (unpaired) electrons. The predicted molar refractivity (Wildman–Crippen MR) is 281 cm³/mol. The topological polar surface area (TPSA) is 105 Å². The molecule has 384 valence electrons. The van der Waals surface area contributed by atoms with Gasteiger partial charge in [-0.2, -0.15) is 0 Å². The fraction of sp³-hybridized carbons (Fsp3) is 0.875. The molecule has 8 nitrogen and oxygen atoms in total. The third-order valence-electron chi connectivity index (χ3n) is 12.6. The number of likely N-dealkylation sites (N-methyl/N-ethyl adjacent to an activating group) is 1. The number of aliphatic hydroxyl groups excluding tert-OH is 1. The lowest BCUT2D eigenvalue weighted by molar-refractivity contribution is -0.870. The van der Waals surface area contributed by atoms with E-state index in [0.717, 1.165) is 70.6 Å². The summed E-state index contributed by atoms with van der Waals surface area (Å²) in [4.78, 5) is 23.2. The number of rotatable bonds is 51. The molecule has 3 N–H and O–H groups in total. The van der Waals surface area contributed by atoms with Crippen LogP contribution in [0.3, 0.4) is 0 Å². The van der Waals surface area contributed by atoms with Crippen LogP contribution >= 0.6 is 7.82 Å². The summed E-state index contributed by atoms with van der Waals surface area (Å²) < 4.78 is 23.6. The highest BCUT2D eigenvalue weighted by Crippen LogP contribution is 2.43. The molecule has 0 bridgehead atoms. The van der Waals surface area contributed by atoms with Crippen molar-refractivity contribution in [1.29, 1.82) is 0 Å². The lowest BCUT2D eigenvalue weighted by Crippen LogP contribution is -2.45. The third-order valence-corrected chi connectivity index (χ3v) is 13.6. The maximum absolute atomic E-state index is 12.9. The highest BCUT2D eigenvalue weighted by Gasteiger charge is 2.27. The van der Waals surface area contributed by atoms with E-state index in [2.05, 4.69) is 43.5 Å². The van der Waals surface area contributed by atoms with E-state index in [1.54, 1.807) is 6.08 Å². The summed E-state index contributed by atoms with van der Waals surface area (Å²) >= 11 is 0. The van der Waals surface area contributed by atoms with E-state index in [4.69, 9.17) is 9.05 Å². The molecular formula is C56H110N2O6P+. The second-order valence-electron chi connectivity index (χ2n) is 20.3. The van der Waals surface area contributed by atoms with Gasteiger partial charge in [-0.1, -0.05) is 249 Å². The molecule has 0 aromatic rings. The second kappa shape index (κ2) is 47.8. The van der Waals surface area contributed by atoms with Gasteiger partial charge in [0.2, 0.25) is 5.91 Å². The Hall–Kier alpha value is -1.28. The van der Waals surface area contributed by atoms with Crippen LogP contribution in [0.25, 0.3) is 0 Å². The van der Waals surface area contributed by atoms with Gasteiger partial charge in [-0.3, -0.25) is 13.8 Å². The Bertz CT molecular complexity index is 1150. The fourth-order valence-corrected chi connectivity index (χ4v) is 8.94. The Morgan fingerprint density at radius 3 is 1.32 bits per heavy atom. The lowest BCUT2D eigenvalue weighted by atomic mass is 10.0. The van der Waals surface area contributed by atoms with Gasteiger partial charge >= 0.3 is 7.82 Å². The molecule has 3 unspecified atom stereocenters. The number of aliphatic hydroxyl groups is 1. The Balaban J connectivity index is 4.10. The van der Waals surface area contributed by atoms with Crippen LogP contribution in [-0.4, -0.2) is 73.4 Å². The van der Waals surface area contributed by atoms with Crippen molar-refractivity contribution in [2.75, 3.05) is 40.9 Å². The first-order valence-corrected chi connectivity index (χ1v) is 29.4. The first kappa shape index (κ1) is 63.7. The Labute approximate surface area is 404 Å². The number of nitrogens with one attached hydrogen (secondary N) is 1. The fourth-order valence-electron chi connectivity index (χ4n) is 8.20. The predicted octanol–water partition coefficient (Wildman–Crippen LogP) is 16.6. The van der Waals surface area contributed by atoms with Crippen molar-refractivity contribution < 1.29 is 32.9 Å². The average Bonchev–Trinajstić information content (AvgIpc) is 3.26. The highest BCUT2D eigenvalue weighted by atomic mass is 31.2. The van der Waals surface area contributed by atoms with E-state index in [1.807, 2.05) is 27.2 Å². The van der Waals surface area contributed by atoms with Crippen LogP contribution in [0.2, 0.25) is 0 Å². The number of quaternary nitrogens is 1.